The number of rotatable bonds is 1. The minimum Gasteiger partial charge on any atom is -0.505 e. The summed E-state index contributed by atoms with van der Waals surface area (Å²) in [7, 11) is 1.62. The second kappa shape index (κ2) is 4.01. The summed E-state index contributed by atoms with van der Waals surface area (Å²) in [6.07, 6.45) is 1.48. The molecule has 0 aliphatic carbocycles. The maximum Gasteiger partial charge on any atom is 0.277 e. The number of aliphatic imine (C=N–C) groups is 1. The normalized spacial score (nSPS) is 17.8. The first-order valence-electron chi connectivity index (χ1n) is 5.02. The van der Waals surface area contributed by atoms with E-state index in [1.807, 2.05) is 0 Å². The van der Waals surface area contributed by atoms with E-state index in [1.54, 1.807) is 14.0 Å². The number of carbonyl (C=O) groups excluding carboxylic acids is 1. The van der Waals surface area contributed by atoms with Crippen LogP contribution in [0.2, 0.25) is 0 Å². The molecule has 1 aromatic carbocycles. The van der Waals surface area contributed by atoms with Crippen LogP contribution in [0, 0.1) is 5.82 Å². The number of phenolic OH excluding ortho intramolecular Hbond substituents is 1. The van der Waals surface area contributed by atoms with Gasteiger partial charge in [0.25, 0.3) is 5.91 Å². The summed E-state index contributed by atoms with van der Waals surface area (Å²) < 4.78 is 13.1. The van der Waals surface area contributed by atoms with E-state index >= 15 is 0 Å². The summed E-state index contributed by atoms with van der Waals surface area (Å²) >= 11 is 0. The highest BCUT2D eigenvalue weighted by atomic mass is 19.1. The Kier molecular flexibility index (Phi) is 2.67. The fourth-order valence-corrected chi connectivity index (χ4v) is 1.48. The van der Waals surface area contributed by atoms with E-state index in [1.165, 1.54) is 23.1 Å². The Balaban J connectivity index is 2.37. The zero-order valence-electron chi connectivity index (χ0n) is 9.44. The molecule has 1 heterocycles. The van der Waals surface area contributed by atoms with Crippen molar-refractivity contribution in [1.29, 1.82) is 0 Å². The van der Waals surface area contributed by atoms with Gasteiger partial charge in [0, 0.05) is 7.05 Å². The molecule has 1 N–H and O–H groups in total. The van der Waals surface area contributed by atoms with Crippen LogP contribution in [0.5, 0.6) is 5.75 Å². The molecule has 0 fully saturated rings. The van der Waals surface area contributed by atoms with Crippen LogP contribution in [-0.2, 0) is 4.79 Å². The molecule has 0 unspecified atom stereocenters. The smallest absolute Gasteiger partial charge is 0.277 e. The molecule has 0 atom stereocenters. The van der Waals surface area contributed by atoms with E-state index < -0.39 is 11.6 Å². The lowest BCUT2D eigenvalue weighted by atomic mass is 10.1. The van der Waals surface area contributed by atoms with Gasteiger partial charge in [0.2, 0.25) is 0 Å². The van der Waals surface area contributed by atoms with Gasteiger partial charge in [0.15, 0.2) is 11.6 Å². The van der Waals surface area contributed by atoms with Crippen molar-refractivity contribution in [3.63, 3.8) is 0 Å². The second-order valence-electron chi connectivity index (χ2n) is 3.76. The molecule has 0 radical (unpaired) electrons. The minimum atomic E-state index is -0.723. The number of carbonyl (C=O) groups is 1. The number of aromatic hydroxyl groups is 1. The molecule has 1 amide bonds. The molecule has 0 bridgehead atoms. The number of halogens is 1. The Bertz CT molecular complexity index is 549. The largest absolute Gasteiger partial charge is 0.505 e. The van der Waals surface area contributed by atoms with Crippen molar-refractivity contribution in [2.75, 3.05) is 7.05 Å². The molecule has 0 saturated carbocycles. The Morgan fingerprint density at radius 1 is 1.47 bits per heavy atom. The summed E-state index contributed by atoms with van der Waals surface area (Å²) in [4.78, 5) is 17.2. The fraction of sp³-hybridized carbons (Fsp3) is 0.167. The highest BCUT2D eigenvalue weighted by Gasteiger charge is 2.23. The first-order chi connectivity index (χ1) is 7.99. The van der Waals surface area contributed by atoms with Gasteiger partial charge in [-0.25, -0.2) is 9.38 Å². The summed E-state index contributed by atoms with van der Waals surface area (Å²) in [6, 6.07) is 3.90. The lowest BCUT2D eigenvalue weighted by Gasteiger charge is -2.06. The van der Waals surface area contributed by atoms with Crippen LogP contribution >= 0.6 is 0 Å². The summed E-state index contributed by atoms with van der Waals surface area (Å²) in [5.74, 6) is -0.767. The van der Waals surface area contributed by atoms with Gasteiger partial charge in [-0.1, -0.05) is 6.07 Å². The SMILES string of the molecule is CC1=N/C(=C\c2ccc(O)c(F)c2)C(=O)N1C. The number of amides is 1. The predicted molar refractivity (Wildman–Crippen MR) is 61.9 cm³/mol. The van der Waals surface area contributed by atoms with Crippen molar-refractivity contribution in [3.8, 4) is 5.75 Å². The van der Waals surface area contributed by atoms with Gasteiger partial charge < -0.3 is 5.11 Å². The second-order valence-corrected chi connectivity index (χ2v) is 3.76. The molecular formula is C12H11FN2O2. The van der Waals surface area contributed by atoms with Crippen LogP contribution in [0.1, 0.15) is 12.5 Å². The zero-order chi connectivity index (χ0) is 12.6. The quantitative estimate of drug-likeness (QED) is 0.753. The Morgan fingerprint density at radius 3 is 2.71 bits per heavy atom. The van der Waals surface area contributed by atoms with Crippen LogP contribution in [0.3, 0.4) is 0 Å². The van der Waals surface area contributed by atoms with Gasteiger partial charge >= 0.3 is 0 Å². The molecule has 88 valence electrons. The first kappa shape index (κ1) is 11.3. The Morgan fingerprint density at radius 2 is 2.18 bits per heavy atom. The van der Waals surface area contributed by atoms with Crippen LogP contribution in [0.25, 0.3) is 6.08 Å². The van der Waals surface area contributed by atoms with E-state index in [0.717, 1.165) is 6.07 Å². The van der Waals surface area contributed by atoms with E-state index in [2.05, 4.69) is 4.99 Å². The van der Waals surface area contributed by atoms with Gasteiger partial charge in [-0.15, -0.1) is 0 Å². The van der Waals surface area contributed by atoms with Crippen molar-refractivity contribution >= 4 is 17.8 Å². The van der Waals surface area contributed by atoms with Crippen molar-refractivity contribution in [1.82, 2.24) is 4.90 Å². The van der Waals surface area contributed by atoms with Gasteiger partial charge in [0.1, 0.15) is 11.5 Å². The van der Waals surface area contributed by atoms with Crippen molar-refractivity contribution in [2.45, 2.75) is 6.92 Å². The molecular weight excluding hydrogens is 223 g/mol. The molecule has 1 aromatic rings. The summed E-state index contributed by atoms with van der Waals surface area (Å²) in [5.41, 5.74) is 0.741. The summed E-state index contributed by atoms with van der Waals surface area (Å²) in [6.45, 7) is 1.72. The van der Waals surface area contributed by atoms with Crippen molar-refractivity contribution in [2.24, 2.45) is 4.99 Å². The van der Waals surface area contributed by atoms with E-state index in [9.17, 15) is 9.18 Å². The molecule has 0 spiro atoms. The third kappa shape index (κ3) is 2.04. The minimum absolute atomic E-state index is 0.226. The number of benzene rings is 1. The maximum absolute atomic E-state index is 13.1. The fourth-order valence-electron chi connectivity index (χ4n) is 1.48. The monoisotopic (exact) mass is 234 g/mol. The lowest BCUT2D eigenvalue weighted by molar-refractivity contribution is -0.121. The molecule has 5 heteroatoms. The third-order valence-electron chi connectivity index (χ3n) is 2.57. The van der Waals surface area contributed by atoms with E-state index in [4.69, 9.17) is 5.11 Å². The van der Waals surface area contributed by atoms with Crippen LogP contribution < -0.4 is 0 Å². The standard InChI is InChI=1S/C12H11FN2O2/c1-7-14-10(12(17)15(7)2)6-8-3-4-11(16)9(13)5-8/h3-6,16H,1-2H3/b10-6-. The number of nitrogens with zero attached hydrogens (tertiary/aromatic N) is 2. The lowest BCUT2D eigenvalue weighted by Crippen LogP contribution is -2.25. The van der Waals surface area contributed by atoms with Gasteiger partial charge in [-0.05, 0) is 30.7 Å². The van der Waals surface area contributed by atoms with Gasteiger partial charge in [-0.2, -0.15) is 0 Å². The molecule has 0 saturated heterocycles. The van der Waals surface area contributed by atoms with Crippen molar-refractivity contribution in [3.05, 3.63) is 35.3 Å². The maximum atomic E-state index is 13.1. The van der Waals surface area contributed by atoms with Crippen LogP contribution in [-0.4, -0.2) is 28.8 Å². The highest BCUT2D eigenvalue weighted by molar-refractivity contribution is 6.13. The van der Waals surface area contributed by atoms with Crippen molar-refractivity contribution < 1.29 is 14.3 Å². The zero-order valence-corrected chi connectivity index (χ0v) is 9.44. The molecule has 17 heavy (non-hydrogen) atoms. The first-order valence-corrected chi connectivity index (χ1v) is 5.02. The topological polar surface area (TPSA) is 52.9 Å². The molecule has 2 rings (SSSR count). The number of hydrogen-bond donors (Lipinski definition) is 1. The third-order valence-corrected chi connectivity index (χ3v) is 2.57. The van der Waals surface area contributed by atoms with Gasteiger partial charge in [-0.3, -0.25) is 9.69 Å². The summed E-state index contributed by atoms with van der Waals surface area (Å²) in [5, 5.41) is 9.04. The van der Waals surface area contributed by atoms with Crippen LogP contribution in [0.15, 0.2) is 28.9 Å². The molecule has 1 aliphatic rings. The van der Waals surface area contributed by atoms with Gasteiger partial charge in [0.05, 0.1) is 0 Å². The molecule has 0 aromatic heterocycles. The Hall–Kier alpha value is -2.17. The van der Waals surface area contributed by atoms with E-state index in [0.29, 0.717) is 11.4 Å². The number of likely N-dealkylation sites (N-methyl/N-ethyl adjacent to an activating group) is 1. The van der Waals surface area contributed by atoms with E-state index in [-0.39, 0.29) is 11.6 Å². The van der Waals surface area contributed by atoms with Crippen LogP contribution in [0.4, 0.5) is 4.39 Å². The number of amidine groups is 1. The Labute approximate surface area is 97.7 Å². The molecule has 1 aliphatic heterocycles. The number of hydrogen-bond acceptors (Lipinski definition) is 3. The predicted octanol–water partition coefficient (Wildman–Crippen LogP) is 1.76. The average Bonchev–Trinajstić information content (AvgIpc) is 2.52. The highest BCUT2D eigenvalue weighted by Crippen LogP contribution is 2.20. The molecule has 4 nitrogen and oxygen atoms in total. The number of phenols is 1. The average molecular weight is 234 g/mol.